The molecule has 0 N–H and O–H groups in total. The van der Waals surface area contributed by atoms with Crippen LogP contribution in [0.15, 0.2) is 0 Å². The van der Waals surface area contributed by atoms with Crippen LogP contribution in [0.25, 0.3) is 0 Å². The molecule has 2 heterocycles. The Bertz CT molecular complexity index is 250. The van der Waals surface area contributed by atoms with E-state index in [4.69, 9.17) is 4.52 Å². The number of hydrogen-bond donors (Lipinski definition) is 0. The highest BCUT2D eigenvalue weighted by Gasteiger charge is 2.28. The molecule has 0 bridgehead atoms. The lowest BCUT2D eigenvalue weighted by Gasteiger charge is -2.22. The van der Waals surface area contributed by atoms with Crippen LogP contribution in [-0.2, 0) is 9.32 Å². The fraction of sp³-hybridized carbons (Fsp3) is 0.923. The molecule has 0 spiro atoms. The molecule has 2 unspecified atom stereocenters. The first-order valence-corrected chi connectivity index (χ1v) is 7.24. The zero-order valence-corrected chi connectivity index (χ0v) is 13.0. The highest BCUT2D eigenvalue weighted by Crippen LogP contribution is 2.19. The minimum atomic E-state index is 0.00463. The third kappa shape index (κ3) is 5.64. The van der Waals surface area contributed by atoms with Crippen molar-refractivity contribution in [2.45, 2.75) is 51.7 Å². The standard InChI is InChI=1S/C9H16N2O.C4H11OP/c12-8-10-6-3-9(7-10)11-4-1-2-5-11;1-4(2,3)5-6/h8-9H,1-7H2;6H2,1-3H3. The summed E-state index contributed by atoms with van der Waals surface area (Å²) < 4.78 is 4.85. The summed E-state index contributed by atoms with van der Waals surface area (Å²) in [5, 5.41) is 0. The lowest BCUT2D eigenvalue weighted by molar-refractivity contribution is -0.117. The number of rotatable bonds is 2. The predicted octanol–water partition coefficient (Wildman–Crippen LogP) is 1.90. The SMILES string of the molecule is CC(C)(C)OP.O=CN1CCC(N2CCCC2)C1. The Hall–Kier alpha value is -0.180. The summed E-state index contributed by atoms with van der Waals surface area (Å²) in [4.78, 5) is 14.9. The molecular weight excluding hydrogens is 247 g/mol. The van der Waals surface area contributed by atoms with Crippen LogP contribution in [0.3, 0.4) is 0 Å². The molecule has 0 radical (unpaired) electrons. The zero-order valence-electron chi connectivity index (χ0n) is 11.9. The summed E-state index contributed by atoms with van der Waals surface area (Å²) in [6, 6.07) is 0.665. The van der Waals surface area contributed by atoms with E-state index in [1.807, 2.05) is 25.7 Å². The smallest absolute Gasteiger partial charge is 0.209 e. The van der Waals surface area contributed by atoms with E-state index in [1.165, 1.54) is 32.4 Å². The molecule has 4 nitrogen and oxygen atoms in total. The molecule has 18 heavy (non-hydrogen) atoms. The fourth-order valence-electron chi connectivity index (χ4n) is 2.27. The fourth-order valence-corrected chi connectivity index (χ4v) is 2.27. The zero-order chi connectivity index (χ0) is 13.6. The summed E-state index contributed by atoms with van der Waals surface area (Å²) >= 11 is 0. The van der Waals surface area contributed by atoms with E-state index in [0.29, 0.717) is 6.04 Å². The Morgan fingerprint density at radius 2 is 1.78 bits per heavy atom. The number of amides is 1. The Morgan fingerprint density at radius 1 is 1.22 bits per heavy atom. The van der Waals surface area contributed by atoms with Crippen LogP contribution >= 0.6 is 9.47 Å². The second kappa shape index (κ2) is 7.42. The van der Waals surface area contributed by atoms with Gasteiger partial charge in [-0.3, -0.25) is 9.69 Å². The van der Waals surface area contributed by atoms with Crippen molar-refractivity contribution < 1.29 is 9.32 Å². The van der Waals surface area contributed by atoms with Gasteiger partial charge in [-0.25, -0.2) is 0 Å². The average Bonchev–Trinajstić information content (AvgIpc) is 2.99. The molecule has 2 aliphatic rings. The molecule has 106 valence electrons. The molecule has 2 rings (SSSR count). The number of likely N-dealkylation sites (tertiary alicyclic amines) is 2. The highest BCUT2D eigenvalue weighted by atomic mass is 31.0. The second-order valence-corrected chi connectivity index (χ2v) is 6.25. The number of carbonyl (C=O) groups excluding carboxylic acids is 1. The van der Waals surface area contributed by atoms with Crippen molar-refractivity contribution in [3.05, 3.63) is 0 Å². The third-order valence-electron chi connectivity index (χ3n) is 3.35. The van der Waals surface area contributed by atoms with E-state index in [1.54, 1.807) is 0 Å². The first-order chi connectivity index (χ1) is 8.46. The molecule has 0 aliphatic carbocycles. The van der Waals surface area contributed by atoms with Crippen molar-refractivity contribution in [2.75, 3.05) is 26.2 Å². The number of hydrogen-bond acceptors (Lipinski definition) is 3. The lowest BCUT2D eigenvalue weighted by atomic mass is 10.2. The minimum Gasteiger partial charge on any atom is -0.360 e. The van der Waals surface area contributed by atoms with Gasteiger partial charge in [0, 0.05) is 28.6 Å². The average molecular weight is 274 g/mol. The van der Waals surface area contributed by atoms with Crippen molar-refractivity contribution in [1.29, 1.82) is 0 Å². The monoisotopic (exact) mass is 274 g/mol. The maximum atomic E-state index is 10.5. The molecule has 2 fully saturated rings. The van der Waals surface area contributed by atoms with E-state index < -0.39 is 0 Å². The van der Waals surface area contributed by atoms with Crippen molar-refractivity contribution >= 4 is 15.9 Å². The van der Waals surface area contributed by atoms with Crippen molar-refractivity contribution in [3.8, 4) is 0 Å². The molecule has 2 saturated heterocycles. The molecule has 0 aromatic carbocycles. The highest BCUT2D eigenvalue weighted by molar-refractivity contribution is 7.09. The lowest BCUT2D eigenvalue weighted by Crippen LogP contribution is -2.34. The molecule has 0 aromatic rings. The van der Waals surface area contributed by atoms with E-state index in [0.717, 1.165) is 19.5 Å². The maximum Gasteiger partial charge on any atom is 0.209 e. The van der Waals surface area contributed by atoms with Gasteiger partial charge >= 0.3 is 0 Å². The van der Waals surface area contributed by atoms with Gasteiger partial charge < -0.3 is 9.42 Å². The summed E-state index contributed by atoms with van der Waals surface area (Å²) in [5.41, 5.74) is 0.00463. The van der Waals surface area contributed by atoms with E-state index >= 15 is 0 Å². The Morgan fingerprint density at radius 3 is 2.17 bits per heavy atom. The molecule has 2 aliphatic heterocycles. The Kier molecular flexibility index (Phi) is 6.54. The van der Waals surface area contributed by atoms with Crippen LogP contribution in [0.1, 0.15) is 40.0 Å². The molecule has 0 aromatic heterocycles. The van der Waals surface area contributed by atoms with E-state index in [9.17, 15) is 4.79 Å². The van der Waals surface area contributed by atoms with Crippen molar-refractivity contribution in [2.24, 2.45) is 0 Å². The second-order valence-electron chi connectivity index (χ2n) is 6.02. The molecule has 0 saturated carbocycles. The van der Waals surface area contributed by atoms with Gasteiger partial charge in [-0.1, -0.05) is 0 Å². The quantitative estimate of drug-likeness (QED) is 0.569. The van der Waals surface area contributed by atoms with Crippen molar-refractivity contribution in [3.63, 3.8) is 0 Å². The topological polar surface area (TPSA) is 32.8 Å². The van der Waals surface area contributed by atoms with Gasteiger partial charge in [0.15, 0.2) is 0 Å². The van der Waals surface area contributed by atoms with Gasteiger partial charge in [0.05, 0.1) is 5.60 Å². The Labute approximate surface area is 113 Å². The summed E-state index contributed by atoms with van der Waals surface area (Å²) in [7, 11) is 2.22. The molecular formula is C13H27N2O2P. The normalized spacial score (nSPS) is 24.9. The predicted molar refractivity (Wildman–Crippen MR) is 77.4 cm³/mol. The van der Waals surface area contributed by atoms with Crippen LogP contribution in [0.5, 0.6) is 0 Å². The van der Waals surface area contributed by atoms with Crippen LogP contribution in [-0.4, -0.2) is 54.0 Å². The van der Waals surface area contributed by atoms with Crippen LogP contribution in [0.4, 0.5) is 0 Å². The first-order valence-electron chi connectivity index (χ1n) is 6.77. The van der Waals surface area contributed by atoms with Gasteiger partial charge in [0.25, 0.3) is 0 Å². The number of carbonyl (C=O) groups is 1. The van der Waals surface area contributed by atoms with Crippen molar-refractivity contribution in [1.82, 2.24) is 9.80 Å². The first kappa shape index (κ1) is 15.9. The number of nitrogens with zero attached hydrogens (tertiary/aromatic N) is 2. The van der Waals surface area contributed by atoms with E-state index in [-0.39, 0.29) is 5.60 Å². The van der Waals surface area contributed by atoms with Gasteiger partial charge in [-0.15, -0.1) is 0 Å². The third-order valence-corrected chi connectivity index (χ3v) is 4.06. The molecule has 1 amide bonds. The summed E-state index contributed by atoms with van der Waals surface area (Å²) in [6.07, 6.45) is 4.85. The minimum absolute atomic E-state index is 0.00463. The molecule has 5 heteroatoms. The van der Waals surface area contributed by atoms with Crippen LogP contribution < -0.4 is 0 Å². The van der Waals surface area contributed by atoms with E-state index in [2.05, 4.69) is 14.4 Å². The van der Waals surface area contributed by atoms with Gasteiger partial charge in [0.2, 0.25) is 6.41 Å². The maximum absolute atomic E-state index is 10.5. The van der Waals surface area contributed by atoms with Gasteiger partial charge in [0.1, 0.15) is 0 Å². The largest absolute Gasteiger partial charge is 0.360 e. The van der Waals surface area contributed by atoms with Crippen LogP contribution in [0.2, 0.25) is 0 Å². The van der Waals surface area contributed by atoms with Crippen LogP contribution in [0, 0.1) is 0 Å². The summed E-state index contributed by atoms with van der Waals surface area (Å²) in [5.74, 6) is 0. The van der Waals surface area contributed by atoms with Gasteiger partial charge in [-0.05, 0) is 53.1 Å². The Balaban J connectivity index is 0.000000232. The summed E-state index contributed by atoms with van der Waals surface area (Å²) in [6.45, 7) is 10.4. The van der Waals surface area contributed by atoms with Gasteiger partial charge in [-0.2, -0.15) is 0 Å². The molecule has 2 atom stereocenters.